The predicted molar refractivity (Wildman–Crippen MR) is 195 cm³/mol. The van der Waals surface area contributed by atoms with Gasteiger partial charge in [-0.15, -0.1) is 0 Å². The maximum atomic E-state index is 11.4. The molecule has 2 N–H and O–H groups in total. The van der Waals surface area contributed by atoms with Crippen molar-refractivity contribution in [3.05, 3.63) is 93.6 Å². The van der Waals surface area contributed by atoms with Gasteiger partial charge in [0.25, 0.3) is 10.1 Å². The Morgan fingerprint density at radius 1 is 1.06 bits per heavy atom. The molecule has 0 spiro atoms. The zero-order valence-electron chi connectivity index (χ0n) is 28.7. The molecule has 0 amide bonds. The highest BCUT2D eigenvalue weighted by molar-refractivity contribution is 8.03. The van der Waals surface area contributed by atoms with Gasteiger partial charge in [0.15, 0.2) is 0 Å². The van der Waals surface area contributed by atoms with Crippen LogP contribution in [0.15, 0.2) is 81.8 Å². The number of carboxylic acids is 1. The molecule has 260 valence electrons. The zero-order chi connectivity index (χ0) is 34.5. The number of unbranched alkanes of at least 4 members (excludes halogenated alkanes) is 4. The summed E-state index contributed by atoms with van der Waals surface area (Å²) in [4.78, 5) is 14.7. The minimum atomic E-state index is -4.01. The molecule has 3 heterocycles. The van der Waals surface area contributed by atoms with Crippen LogP contribution < -0.4 is 4.90 Å². The van der Waals surface area contributed by atoms with Crippen LogP contribution in [0.2, 0.25) is 0 Å². The smallest absolute Gasteiger partial charge is 0.307 e. The van der Waals surface area contributed by atoms with Crippen molar-refractivity contribution in [1.29, 1.82) is 0 Å². The maximum absolute atomic E-state index is 11.4. The molecule has 0 radical (unpaired) electrons. The molecule has 1 aliphatic carbocycles. The third-order valence-corrected chi connectivity index (χ3v) is 12.1. The number of fused-ring (bicyclic) bond motifs is 6. The third-order valence-electron chi connectivity index (χ3n) is 10.1. The van der Waals surface area contributed by atoms with Crippen molar-refractivity contribution in [3.8, 4) is 0 Å². The summed E-state index contributed by atoms with van der Waals surface area (Å²) in [6.45, 7) is 12.2. The molecular formula is C39H51NO6S2. The number of carboxylic acid groups (broad SMARTS) is 1. The Kier molecular flexibility index (Phi) is 12.0. The van der Waals surface area contributed by atoms with Crippen LogP contribution in [0, 0.1) is 0 Å². The molecule has 3 aliphatic heterocycles. The molecule has 9 heteroatoms. The zero-order valence-corrected chi connectivity index (χ0v) is 30.3. The van der Waals surface area contributed by atoms with Crippen LogP contribution in [0.1, 0.15) is 102 Å². The van der Waals surface area contributed by atoms with E-state index in [9.17, 15) is 22.9 Å². The molecule has 0 aromatic heterocycles. The van der Waals surface area contributed by atoms with E-state index in [1.807, 2.05) is 18.2 Å². The lowest BCUT2D eigenvalue weighted by Crippen LogP contribution is -2.40. The van der Waals surface area contributed by atoms with E-state index in [0.29, 0.717) is 19.3 Å². The number of ether oxygens (including phenoxy) is 1. The summed E-state index contributed by atoms with van der Waals surface area (Å²) < 4.78 is 39.0. The van der Waals surface area contributed by atoms with Gasteiger partial charge in [-0.2, -0.15) is 8.42 Å². The maximum Gasteiger partial charge on any atom is 0.307 e. The molecule has 4 aliphatic rings. The molecule has 0 fully saturated rings. The minimum absolute atomic E-state index is 0.00132. The van der Waals surface area contributed by atoms with Crippen LogP contribution in [0.3, 0.4) is 0 Å². The fraction of sp³-hybridized carbons (Fsp3) is 0.513. The first-order valence-corrected chi connectivity index (χ1v) is 20.0. The van der Waals surface area contributed by atoms with E-state index >= 15 is 0 Å². The highest BCUT2D eigenvalue weighted by Gasteiger charge is 2.42. The van der Waals surface area contributed by atoms with Gasteiger partial charge in [0, 0.05) is 22.4 Å². The van der Waals surface area contributed by atoms with Gasteiger partial charge in [-0.05, 0) is 84.6 Å². The highest BCUT2D eigenvalue weighted by Crippen LogP contribution is 2.53. The van der Waals surface area contributed by atoms with Crippen LogP contribution in [-0.4, -0.2) is 48.6 Å². The summed E-state index contributed by atoms with van der Waals surface area (Å²) in [6, 6.07) is 14.4. The molecule has 0 saturated carbocycles. The Hall–Kier alpha value is -2.85. The number of anilines is 1. The Bertz CT molecular complexity index is 1670. The molecule has 3 unspecified atom stereocenters. The second-order valence-electron chi connectivity index (χ2n) is 13.7. The van der Waals surface area contributed by atoms with Gasteiger partial charge in [0.1, 0.15) is 0 Å². The number of aliphatic carboxylic acids is 1. The number of carbonyl (C=O) groups is 1. The Balaban J connectivity index is 0.000000689. The van der Waals surface area contributed by atoms with Crippen LogP contribution in [0.5, 0.6) is 0 Å². The number of thioether (sulfide) groups is 1. The van der Waals surface area contributed by atoms with Crippen LogP contribution in [-0.2, 0) is 37.9 Å². The second kappa shape index (κ2) is 15.8. The SMILES string of the molecule is C=C1C2=CC3=C4Sc5cc(CC(=O)O)ccc5N4CCC3OC2CCCc2ccccc2C1(C)CCCCS(=O)(=O)O.CCCCCC. The van der Waals surface area contributed by atoms with Crippen molar-refractivity contribution in [2.45, 2.75) is 120 Å². The van der Waals surface area contributed by atoms with E-state index in [2.05, 4.69) is 56.0 Å². The van der Waals surface area contributed by atoms with E-state index in [4.69, 9.17) is 11.3 Å². The van der Waals surface area contributed by atoms with Gasteiger partial charge in [-0.3, -0.25) is 9.35 Å². The Morgan fingerprint density at radius 3 is 2.52 bits per heavy atom. The molecule has 0 bridgehead atoms. The van der Waals surface area contributed by atoms with Crippen LogP contribution in [0.4, 0.5) is 5.69 Å². The lowest BCUT2D eigenvalue weighted by Gasteiger charge is -2.42. The molecule has 0 saturated heterocycles. The summed E-state index contributed by atoms with van der Waals surface area (Å²) in [5, 5.41) is 10.4. The first kappa shape index (κ1) is 36.4. The van der Waals surface area contributed by atoms with E-state index in [1.165, 1.54) is 36.8 Å². The summed E-state index contributed by atoms with van der Waals surface area (Å²) >= 11 is 1.69. The lowest BCUT2D eigenvalue weighted by atomic mass is 9.68. The van der Waals surface area contributed by atoms with Gasteiger partial charge in [-0.1, -0.05) is 102 Å². The van der Waals surface area contributed by atoms with E-state index < -0.39 is 21.5 Å². The number of hydrogen-bond donors (Lipinski definition) is 2. The quantitative estimate of drug-likeness (QED) is 0.188. The average Bonchev–Trinajstić information content (AvgIpc) is 3.44. The van der Waals surface area contributed by atoms with Crippen LogP contribution in [0.25, 0.3) is 0 Å². The van der Waals surface area contributed by atoms with Crippen molar-refractivity contribution in [1.82, 2.24) is 0 Å². The average molecular weight is 694 g/mol. The number of nitrogens with zero attached hydrogens (tertiary/aromatic N) is 1. The van der Waals surface area contributed by atoms with E-state index in [1.54, 1.807) is 11.8 Å². The number of benzene rings is 2. The number of hydrogen-bond acceptors (Lipinski definition) is 6. The largest absolute Gasteiger partial charge is 0.481 e. The fourth-order valence-electron chi connectivity index (χ4n) is 7.51. The van der Waals surface area contributed by atoms with Crippen molar-refractivity contribution >= 4 is 33.5 Å². The summed E-state index contributed by atoms with van der Waals surface area (Å²) in [5.74, 6) is -1.08. The Morgan fingerprint density at radius 2 is 1.81 bits per heavy atom. The molecular weight excluding hydrogens is 643 g/mol. The van der Waals surface area contributed by atoms with Gasteiger partial charge >= 0.3 is 5.97 Å². The molecule has 2 aromatic rings. The van der Waals surface area contributed by atoms with Crippen molar-refractivity contribution in [2.75, 3.05) is 17.2 Å². The highest BCUT2D eigenvalue weighted by atomic mass is 32.2. The lowest BCUT2D eigenvalue weighted by molar-refractivity contribution is -0.136. The molecule has 3 atom stereocenters. The van der Waals surface area contributed by atoms with Gasteiger partial charge < -0.3 is 14.7 Å². The fourth-order valence-corrected chi connectivity index (χ4v) is 9.39. The summed E-state index contributed by atoms with van der Waals surface area (Å²) in [6.07, 6.45) is 13.2. The first-order chi connectivity index (χ1) is 22.9. The van der Waals surface area contributed by atoms with E-state index in [-0.39, 0.29) is 24.4 Å². The van der Waals surface area contributed by atoms with Crippen molar-refractivity contribution in [2.24, 2.45) is 0 Å². The monoisotopic (exact) mass is 693 g/mol. The topological polar surface area (TPSA) is 104 Å². The molecule has 48 heavy (non-hydrogen) atoms. The van der Waals surface area contributed by atoms with Gasteiger partial charge in [-0.25, -0.2) is 0 Å². The molecule has 2 aromatic carbocycles. The third kappa shape index (κ3) is 8.29. The van der Waals surface area contributed by atoms with Gasteiger partial charge in [0.05, 0.1) is 35.1 Å². The normalized spacial score (nSPS) is 23.2. The molecule has 6 rings (SSSR count). The second-order valence-corrected chi connectivity index (χ2v) is 16.3. The summed E-state index contributed by atoms with van der Waals surface area (Å²) in [5.41, 5.74) is 7.24. The predicted octanol–water partition coefficient (Wildman–Crippen LogP) is 9.03. The summed E-state index contributed by atoms with van der Waals surface area (Å²) in [7, 11) is -4.01. The van der Waals surface area contributed by atoms with Crippen molar-refractivity contribution < 1.29 is 27.6 Å². The number of aryl methyl sites for hydroxylation is 1. The Labute approximate surface area is 291 Å². The van der Waals surface area contributed by atoms with Gasteiger partial charge in [0.2, 0.25) is 0 Å². The van der Waals surface area contributed by atoms with Crippen LogP contribution >= 0.6 is 11.8 Å². The minimum Gasteiger partial charge on any atom is -0.481 e. The molecule has 7 nitrogen and oxygen atoms in total. The standard InChI is InChI=1S/C33H37NO6S2.C6H14/c1-21-24-20-25-29(14-16-34-27-13-12-22(19-31(35)36)18-30(27)41-32(25)34)40-28(24)11-7-9-23-8-3-4-10-26(23)33(21,2)15-5-6-17-42(37,38)39;1-3-5-6-4-2/h3-4,8,10,12-13,18,20,28-29H,1,5-7,9,11,14-17,19H2,2H3,(H,35,36)(H,37,38,39);3-6H2,1-2H3. The van der Waals surface area contributed by atoms with Crippen molar-refractivity contribution in [3.63, 3.8) is 0 Å². The van der Waals surface area contributed by atoms with E-state index in [0.717, 1.165) is 70.1 Å². The number of rotatable bonds is 10. The first-order valence-electron chi connectivity index (χ1n) is 17.6.